The highest BCUT2D eigenvalue weighted by Gasteiger charge is 2.34. The zero-order valence-corrected chi connectivity index (χ0v) is 52.9. The molecule has 0 saturated heterocycles. The van der Waals surface area contributed by atoms with Gasteiger partial charge in [-0.3, -0.25) is 24.0 Å². The fraction of sp³-hybridized carbons (Fsp3) is 0.633. The number of hydrogen-bond donors (Lipinski definition) is 11. The lowest BCUT2D eigenvalue weighted by Crippen LogP contribution is -2.57. The first-order valence-electron chi connectivity index (χ1n) is 28.9. The van der Waals surface area contributed by atoms with E-state index >= 15 is 0 Å². The Hall–Kier alpha value is -8.06. The zero-order chi connectivity index (χ0) is 65.0. The van der Waals surface area contributed by atoms with Crippen molar-refractivity contribution in [1.82, 2.24) is 53.2 Å². The Kier molecular flexibility index (Phi) is 26.8. The number of phenols is 1. The average molecular weight is 1210 g/mol. The van der Waals surface area contributed by atoms with Crippen molar-refractivity contribution in [1.29, 1.82) is 0 Å². The predicted molar refractivity (Wildman–Crippen MR) is 320 cm³/mol. The van der Waals surface area contributed by atoms with Crippen molar-refractivity contribution in [2.24, 2.45) is 0 Å². The van der Waals surface area contributed by atoms with Crippen molar-refractivity contribution in [2.75, 3.05) is 32.7 Å². The van der Waals surface area contributed by atoms with Crippen molar-refractivity contribution in [3.63, 3.8) is 0 Å². The summed E-state index contributed by atoms with van der Waals surface area (Å²) >= 11 is 0. The predicted octanol–water partition coefficient (Wildman–Crippen LogP) is 5.46. The molecule has 0 radical (unpaired) electrons. The van der Waals surface area contributed by atoms with Crippen LogP contribution in [0.1, 0.15) is 153 Å². The van der Waals surface area contributed by atoms with Gasteiger partial charge in [0.05, 0.1) is 0 Å². The van der Waals surface area contributed by atoms with Crippen LogP contribution in [-0.4, -0.2) is 156 Å². The minimum Gasteiger partial charge on any atom is -0.508 e. The van der Waals surface area contributed by atoms with Crippen molar-refractivity contribution < 1.29 is 76.7 Å². The van der Waals surface area contributed by atoms with Crippen LogP contribution >= 0.6 is 0 Å². The SMILES string of the molecule is Cc1ccc2cc1C[C@@H](C(=O)NCCCC(NC(=O)OC(C)(C)C)C(=O)NCC[C@H](NC(=O)OC(C)(C)C)C(=O)NCCNC(=O)OC(C)(C)C)NC(=O)[C@H](CCCNC(=O)OC(C)(C)C)NC(=O)[C@@H](NC(=O)OC(C)(C)C)Cc1cc-2ccc1O. The molecule has 1 aliphatic rings. The number of hydrogen-bond acceptors (Lipinski definition) is 16. The van der Waals surface area contributed by atoms with Crippen LogP contribution in [0, 0.1) is 6.92 Å². The van der Waals surface area contributed by atoms with E-state index in [4.69, 9.17) is 23.7 Å². The highest BCUT2D eigenvalue weighted by Crippen LogP contribution is 2.30. The molecule has 2 aromatic carbocycles. The third-order valence-corrected chi connectivity index (χ3v) is 12.0. The maximum absolute atomic E-state index is 14.6. The topological polar surface area (TPSA) is 357 Å². The number of carbonyl (C=O) groups excluding carboxylic acids is 10. The molecule has 0 saturated carbocycles. The van der Waals surface area contributed by atoms with Gasteiger partial charge in [0.15, 0.2) is 0 Å². The third kappa shape index (κ3) is 28.7. The molecular weight excluding hydrogens is 1120 g/mol. The third-order valence-electron chi connectivity index (χ3n) is 12.0. The van der Waals surface area contributed by atoms with Gasteiger partial charge >= 0.3 is 30.5 Å². The van der Waals surface area contributed by atoms with Gasteiger partial charge < -0.3 is 82.0 Å². The Balaban J connectivity index is 1.93. The van der Waals surface area contributed by atoms with Gasteiger partial charge in [-0.05, 0) is 183 Å². The van der Waals surface area contributed by atoms with Gasteiger partial charge in [-0.1, -0.05) is 24.3 Å². The van der Waals surface area contributed by atoms with Gasteiger partial charge in [-0.2, -0.15) is 0 Å². The van der Waals surface area contributed by atoms with Gasteiger partial charge in [-0.15, -0.1) is 0 Å². The molecule has 0 fully saturated rings. The molecule has 11 N–H and O–H groups in total. The second-order valence-electron chi connectivity index (χ2n) is 25.9. The number of ether oxygens (including phenoxy) is 5. The molecule has 0 aliphatic carbocycles. The quantitative estimate of drug-likeness (QED) is 0.0579. The first-order chi connectivity index (χ1) is 39.7. The summed E-state index contributed by atoms with van der Waals surface area (Å²) < 4.78 is 26.9. The molecule has 1 unspecified atom stereocenters. The Morgan fingerprint density at radius 1 is 0.512 bits per heavy atom. The molecular formula is C60H94N10O16. The maximum Gasteiger partial charge on any atom is 0.408 e. The first-order valence-corrected chi connectivity index (χ1v) is 28.9. The van der Waals surface area contributed by atoms with E-state index in [2.05, 4.69) is 53.2 Å². The molecule has 26 heteroatoms. The smallest absolute Gasteiger partial charge is 0.408 e. The molecule has 1 heterocycles. The number of aromatic hydroxyl groups is 1. The fourth-order valence-electron chi connectivity index (χ4n) is 8.26. The van der Waals surface area contributed by atoms with E-state index in [1.807, 2.05) is 25.1 Å². The normalized spacial score (nSPS) is 16.5. The van der Waals surface area contributed by atoms with E-state index in [0.29, 0.717) is 22.3 Å². The van der Waals surface area contributed by atoms with Gasteiger partial charge in [0.1, 0.15) is 64.0 Å². The van der Waals surface area contributed by atoms with E-state index in [1.54, 1.807) is 116 Å². The van der Waals surface area contributed by atoms with Crippen LogP contribution in [0.4, 0.5) is 24.0 Å². The van der Waals surface area contributed by atoms with E-state index in [0.717, 1.165) is 5.56 Å². The summed E-state index contributed by atoms with van der Waals surface area (Å²) in [7, 11) is 0. The highest BCUT2D eigenvalue weighted by atomic mass is 16.6. The van der Waals surface area contributed by atoms with E-state index in [1.165, 1.54) is 6.07 Å². The van der Waals surface area contributed by atoms with Crippen LogP contribution in [0.25, 0.3) is 11.1 Å². The summed E-state index contributed by atoms with van der Waals surface area (Å²) in [5, 5.41) is 37.7. The van der Waals surface area contributed by atoms with Crippen LogP contribution in [0.3, 0.4) is 0 Å². The average Bonchev–Trinajstić information content (AvgIpc) is 1.72. The number of carbonyl (C=O) groups is 10. The van der Waals surface area contributed by atoms with E-state index in [-0.39, 0.29) is 83.4 Å². The molecule has 10 amide bonds. The van der Waals surface area contributed by atoms with E-state index in [9.17, 15) is 53.1 Å². The van der Waals surface area contributed by atoms with Crippen LogP contribution in [0.2, 0.25) is 0 Å². The summed E-state index contributed by atoms with van der Waals surface area (Å²) in [6.45, 7) is 26.5. The number of aryl methyl sites for hydroxylation is 1. The number of benzene rings is 2. The molecule has 3 rings (SSSR count). The molecule has 0 spiro atoms. The number of alkyl carbamates (subject to hydrolysis) is 5. The van der Waals surface area contributed by atoms with E-state index < -0.39 is 118 Å². The Morgan fingerprint density at radius 3 is 1.51 bits per heavy atom. The minimum atomic E-state index is -1.40. The van der Waals surface area contributed by atoms with Crippen LogP contribution in [0.15, 0.2) is 36.4 Å². The van der Waals surface area contributed by atoms with Gasteiger partial charge in [0.25, 0.3) is 0 Å². The number of nitrogens with one attached hydrogen (secondary N) is 10. The summed E-state index contributed by atoms with van der Waals surface area (Å²) in [6, 6.07) is 3.83. The van der Waals surface area contributed by atoms with Gasteiger partial charge in [0, 0.05) is 45.6 Å². The standard InChI is InChI=1S/C60H94N10O16/c1-35-21-22-36-31-38(35)33-43(67-49(75)41(20-18-27-64-51(77)82-56(2,3)4)66-50(76)44(70-55(81)86-60(14,15)16)34-39-32-37(36)23-24-45(39)71)48(74)61-26-17-19-40(68-53(79)84-58(8,9)10)46(72)62-28-25-42(69-54(80)85-59(11,12)13)47(73)63-29-30-65-52(78)83-57(5,6)7/h21-24,31-32,40-44,71H,17-20,25-30,33-34H2,1-16H3,(H,61,74)(H,62,72)(H,63,73)(H,64,77)(H,65,78)(H,66,76)(H,67,75)(H,68,79)(H,69,80)(H,70,81)/t40?,41-,42-,43-,44-/m0/s1. The lowest BCUT2D eigenvalue weighted by molar-refractivity contribution is -0.132. The molecule has 1 aliphatic heterocycles. The van der Waals surface area contributed by atoms with Gasteiger partial charge in [-0.25, -0.2) is 24.0 Å². The van der Waals surface area contributed by atoms with Crippen LogP contribution in [-0.2, 0) is 60.5 Å². The molecule has 86 heavy (non-hydrogen) atoms. The van der Waals surface area contributed by atoms with Crippen molar-refractivity contribution >= 4 is 60.0 Å². The van der Waals surface area contributed by atoms with Crippen molar-refractivity contribution in [3.05, 3.63) is 53.1 Å². The molecule has 4 bridgehead atoms. The van der Waals surface area contributed by atoms with Crippen LogP contribution < -0.4 is 53.2 Å². The second-order valence-corrected chi connectivity index (χ2v) is 25.9. The zero-order valence-electron chi connectivity index (χ0n) is 52.9. The summed E-state index contributed by atoms with van der Waals surface area (Å²) in [5.74, 6) is -3.76. The largest absolute Gasteiger partial charge is 0.508 e. The molecule has 5 atom stereocenters. The summed E-state index contributed by atoms with van der Waals surface area (Å²) in [6.07, 6.45) is -4.52. The Labute approximate surface area is 504 Å². The number of rotatable bonds is 20. The fourth-order valence-corrected chi connectivity index (χ4v) is 8.26. The highest BCUT2D eigenvalue weighted by molar-refractivity contribution is 5.94. The number of fused-ring (bicyclic) bond motifs is 5. The first kappa shape index (κ1) is 72.2. The monoisotopic (exact) mass is 1210 g/mol. The maximum atomic E-state index is 14.6. The molecule has 480 valence electrons. The summed E-state index contributed by atoms with van der Waals surface area (Å²) in [4.78, 5) is 135. The number of amides is 10. The summed E-state index contributed by atoms with van der Waals surface area (Å²) in [5.41, 5.74) is -1.33. The number of phenolic OH excluding ortho intramolecular Hbond substituents is 1. The molecule has 0 aromatic heterocycles. The molecule has 2 aromatic rings. The Morgan fingerprint density at radius 2 is 0.965 bits per heavy atom. The minimum absolute atomic E-state index is 0.00295. The lowest BCUT2D eigenvalue weighted by atomic mass is 9.93. The van der Waals surface area contributed by atoms with Gasteiger partial charge in [0.2, 0.25) is 29.5 Å². The van der Waals surface area contributed by atoms with Crippen molar-refractivity contribution in [2.45, 2.75) is 214 Å². The second kappa shape index (κ2) is 31.9. The lowest BCUT2D eigenvalue weighted by Gasteiger charge is -2.27. The van der Waals surface area contributed by atoms with Crippen molar-refractivity contribution in [3.8, 4) is 16.9 Å². The molecule has 26 nitrogen and oxygen atoms in total. The van der Waals surface area contributed by atoms with Crippen LogP contribution in [0.5, 0.6) is 5.75 Å². The Bertz CT molecular complexity index is 2700.